The normalized spacial score (nSPS) is 14.9. The number of aliphatic imine (C=N–C) groups is 1. The summed E-state index contributed by atoms with van der Waals surface area (Å²) in [5.74, 6) is -1.47. The number of hydrogen-bond donors (Lipinski definition) is 3. The fraction of sp³-hybridized carbons (Fsp3) is 0.118. The van der Waals surface area contributed by atoms with Crippen LogP contribution in [0.3, 0.4) is 0 Å². The second-order valence-corrected chi connectivity index (χ2v) is 7.77. The van der Waals surface area contributed by atoms with Gasteiger partial charge >= 0.3 is 6.09 Å². The van der Waals surface area contributed by atoms with Crippen LogP contribution in [-0.4, -0.2) is 31.5 Å². The van der Waals surface area contributed by atoms with Gasteiger partial charge in [0.25, 0.3) is 5.91 Å². The molecule has 4 N–H and O–H groups in total. The summed E-state index contributed by atoms with van der Waals surface area (Å²) >= 11 is 0. The zero-order valence-corrected chi connectivity index (χ0v) is 14.5. The molecular weight excluding hydrogens is 358 g/mol. The number of fused-ring (bicyclic) bond motifs is 3. The standard InChI is InChI=1S/C17H15N3O5S/c1-9-6-13-11-5-3-2-4-10(11)8-26(24,25)14(13)7-12(9)15(21)19-16(18)20-17(22)23/h2-7H,8H2,1H3,(H,22,23)(H3,18,19,20,21). The molecule has 1 heterocycles. The Morgan fingerprint density at radius 3 is 2.58 bits per heavy atom. The number of aryl methyl sites for hydroxylation is 1. The van der Waals surface area contributed by atoms with Crippen LogP contribution >= 0.6 is 0 Å². The summed E-state index contributed by atoms with van der Waals surface area (Å²) in [7, 11) is -3.61. The second kappa shape index (κ2) is 6.26. The van der Waals surface area contributed by atoms with Crippen LogP contribution in [-0.2, 0) is 15.6 Å². The molecule has 2 amide bonds. The molecule has 0 aromatic heterocycles. The molecule has 1 aliphatic heterocycles. The van der Waals surface area contributed by atoms with Crippen LogP contribution in [0.2, 0.25) is 0 Å². The van der Waals surface area contributed by atoms with E-state index in [1.807, 2.05) is 12.1 Å². The van der Waals surface area contributed by atoms with Gasteiger partial charge in [-0.2, -0.15) is 0 Å². The number of sulfone groups is 1. The maximum atomic E-state index is 12.6. The first-order valence-electron chi connectivity index (χ1n) is 7.53. The van der Waals surface area contributed by atoms with Crippen LogP contribution in [0, 0.1) is 6.92 Å². The lowest BCUT2D eigenvalue weighted by atomic mass is 9.96. The zero-order chi connectivity index (χ0) is 19.1. The van der Waals surface area contributed by atoms with Crippen LogP contribution in [0.25, 0.3) is 11.1 Å². The Balaban J connectivity index is 2.11. The van der Waals surface area contributed by atoms with Gasteiger partial charge in [0.1, 0.15) is 0 Å². The first-order valence-corrected chi connectivity index (χ1v) is 9.18. The highest BCUT2D eigenvalue weighted by molar-refractivity contribution is 7.90. The average molecular weight is 373 g/mol. The molecule has 2 aromatic carbocycles. The highest BCUT2D eigenvalue weighted by Crippen LogP contribution is 2.39. The molecule has 0 fully saturated rings. The highest BCUT2D eigenvalue weighted by atomic mass is 32.2. The summed E-state index contributed by atoms with van der Waals surface area (Å²) in [5, 5.41) is 10.7. The maximum absolute atomic E-state index is 12.6. The van der Waals surface area contributed by atoms with Crippen molar-refractivity contribution in [2.75, 3.05) is 0 Å². The van der Waals surface area contributed by atoms with Crippen molar-refractivity contribution in [1.82, 2.24) is 5.32 Å². The van der Waals surface area contributed by atoms with Gasteiger partial charge in [-0.25, -0.2) is 13.2 Å². The Kier molecular flexibility index (Phi) is 4.25. The van der Waals surface area contributed by atoms with Gasteiger partial charge in [-0.15, -0.1) is 4.99 Å². The zero-order valence-electron chi connectivity index (χ0n) is 13.7. The Hall–Kier alpha value is -3.20. The molecule has 26 heavy (non-hydrogen) atoms. The summed E-state index contributed by atoms with van der Waals surface area (Å²) in [6.45, 7) is 1.66. The topological polar surface area (TPSA) is 139 Å². The van der Waals surface area contributed by atoms with Gasteiger partial charge in [0.15, 0.2) is 9.84 Å². The van der Waals surface area contributed by atoms with Gasteiger partial charge in [-0.1, -0.05) is 24.3 Å². The van der Waals surface area contributed by atoms with Crippen molar-refractivity contribution in [3.63, 3.8) is 0 Å². The Labute approximate surface area is 149 Å². The number of hydrogen-bond acceptors (Lipinski definition) is 4. The molecule has 0 aliphatic carbocycles. The smallest absolute Gasteiger partial charge is 0.434 e. The van der Waals surface area contributed by atoms with Crippen LogP contribution in [0.1, 0.15) is 21.5 Å². The van der Waals surface area contributed by atoms with Crippen molar-refractivity contribution < 1.29 is 23.1 Å². The second-order valence-electron chi connectivity index (χ2n) is 5.81. The van der Waals surface area contributed by atoms with Crippen molar-refractivity contribution >= 4 is 27.8 Å². The number of benzene rings is 2. The fourth-order valence-electron chi connectivity index (χ4n) is 2.91. The van der Waals surface area contributed by atoms with E-state index in [4.69, 9.17) is 10.8 Å². The van der Waals surface area contributed by atoms with Gasteiger partial charge in [0.2, 0.25) is 5.96 Å². The molecule has 0 saturated carbocycles. The van der Waals surface area contributed by atoms with E-state index < -0.39 is 27.8 Å². The summed E-state index contributed by atoms with van der Waals surface area (Å²) in [5.41, 5.74) is 7.98. The molecular formula is C17H15N3O5S. The van der Waals surface area contributed by atoms with E-state index in [1.165, 1.54) is 6.07 Å². The van der Waals surface area contributed by atoms with Gasteiger partial charge < -0.3 is 10.8 Å². The minimum Gasteiger partial charge on any atom is -0.463 e. The highest BCUT2D eigenvalue weighted by Gasteiger charge is 2.29. The number of carboxylic acid groups (broad SMARTS) is 1. The number of guanidine groups is 1. The molecule has 0 saturated heterocycles. The van der Waals surface area contributed by atoms with Crippen molar-refractivity contribution in [1.29, 1.82) is 0 Å². The first kappa shape index (κ1) is 17.6. The molecule has 0 atom stereocenters. The number of carbonyl (C=O) groups excluding carboxylic acids is 1. The predicted octanol–water partition coefficient (Wildman–Crippen LogP) is 1.67. The van der Waals surface area contributed by atoms with Gasteiger partial charge in [-0.05, 0) is 35.7 Å². The molecule has 0 radical (unpaired) electrons. The molecule has 8 nitrogen and oxygen atoms in total. The van der Waals surface area contributed by atoms with Crippen LogP contribution in [0.15, 0.2) is 46.3 Å². The van der Waals surface area contributed by atoms with E-state index in [0.29, 0.717) is 16.7 Å². The van der Waals surface area contributed by atoms with Gasteiger partial charge in [-0.3, -0.25) is 10.1 Å². The van der Waals surface area contributed by atoms with E-state index in [-0.39, 0.29) is 16.2 Å². The summed E-state index contributed by atoms with van der Waals surface area (Å²) in [6, 6.07) is 10.1. The number of rotatable bonds is 1. The van der Waals surface area contributed by atoms with Crippen LogP contribution in [0.5, 0.6) is 0 Å². The first-order chi connectivity index (χ1) is 12.2. The molecule has 0 bridgehead atoms. The SMILES string of the molecule is Cc1cc2c(cc1C(=O)NC(N)=NC(=O)O)S(=O)(=O)Cc1ccccc1-2. The minimum atomic E-state index is -3.61. The molecule has 1 aliphatic rings. The minimum absolute atomic E-state index is 0.0562. The average Bonchev–Trinajstić information content (AvgIpc) is 2.52. The number of nitrogens with one attached hydrogen (secondary N) is 1. The molecule has 0 spiro atoms. The van der Waals surface area contributed by atoms with E-state index in [9.17, 15) is 18.0 Å². The van der Waals surface area contributed by atoms with Crippen LogP contribution in [0.4, 0.5) is 4.79 Å². The van der Waals surface area contributed by atoms with Crippen molar-refractivity contribution in [2.45, 2.75) is 17.6 Å². The van der Waals surface area contributed by atoms with Crippen molar-refractivity contribution in [3.05, 3.63) is 53.1 Å². The molecule has 3 rings (SSSR count). The number of amides is 2. The fourth-order valence-corrected chi connectivity index (χ4v) is 4.52. The van der Waals surface area contributed by atoms with Crippen LogP contribution < -0.4 is 11.1 Å². The third-order valence-electron chi connectivity index (χ3n) is 4.02. The monoisotopic (exact) mass is 373 g/mol. The Bertz CT molecular complexity index is 1070. The van der Waals surface area contributed by atoms with Gasteiger partial charge in [0.05, 0.1) is 10.6 Å². The molecule has 9 heteroatoms. The largest absolute Gasteiger partial charge is 0.463 e. The molecule has 2 aromatic rings. The number of nitrogens with zero attached hydrogens (tertiary/aromatic N) is 1. The predicted molar refractivity (Wildman–Crippen MR) is 94.6 cm³/mol. The Morgan fingerprint density at radius 1 is 1.19 bits per heavy atom. The third kappa shape index (κ3) is 3.16. The van der Waals surface area contributed by atoms with Crippen molar-refractivity contribution in [2.24, 2.45) is 10.7 Å². The number of carbonyl (C=O) groups is 2. The number of nitrogens with two attached hydrogens (primary N) is 1. The summed E-state index contributed by atoms with van der Waals surface area (Å²) < 4.78 is 25.3. The summed E-state index contributed by atoms with van der Waals surface area (Å²) in [4.78, 5) is 25.9. The quantitative estimate of drug-likeness (QED) is 0.513. The van der Waals surface area contributed by atoms with E-state index in [0.717, 1.165) is 5.56 Å². The lowest BCUT2D eigenvalue weighted by molar-refractivity contribution is 0.0976. The maximum Gasteiger partial charge on any atom is 0.434 e. The molecule has 134 valence electrons. The van der Waals surface area contributed by atoms with E-state index >= 15 is 0 Å². The summed E-state index contributed by atoms with van der Waals surface area (Å²) in [6.07, 6.45) is -1.55. The van der Waals surface area contributed by atoms with Crippen molar-refractivity contribution in [3.8, 4) is 11.1 Å². The lowest BCUT2D eigenvalue weighted by Crippen LogP contribution is -2.37. The third-order valence-corrected chi connectivity index (χ3v) is 5.72. The van der Waals surface area contributed by atoms with E-state index in [2.05, 4.69) is 10.3 Å². The molecule has 0 unspecified atom stereocenters. The lowest BCUT2D eigenvalue weighted by Gasteiger charge is -2.21. The van der Waals surface area contributed by atoms with E-state index in [1.54, 1.807) is 25.1 Å². The van der Waals surface area contributed by atoms with Gasteiger partial charge in [0, 0.05) is 11.1 Å². The Morgan fingerprint density at radius 2 is 1.88 bits per heavy atom.